The lowest BCUT2D eigenvalue weighted by atomic mass is 9.90. The number of likely N-dealkylation sites (tertiary alicyclic amines) is 1. The molecule has 1 N–H and O–H groups in total. The summed E-state index contributed by atoms with van der Waals surface area (Å²) < 4.78 is 0. The van der Waals surface area contributed by atoms with Gasteiger partial charge in [0, 0.05) is 50.7 Å². The second-order valence-corrected chi connectivity index (χ2v) is 10.6. The summed E-state index contributed by atoms with van der Waals surface area (Å²) in [5.74, 6) is 0.665. The van der Waals surface area contributed by atoms with Crippen molar-refractivity contribution >= 4 is 5.91 Å². The first kappa shape index (κ1) is 22.5. The third-order valence-electron chi connectivity index (χ3n) is 8.45. The Bertz CT molecular complexity index is 1130. The maximum absolute atomic E-state index is 13.3. The largest absolute Gasteiger partial charge is 0.340 e. The molecular formula is C29H35N5O. The molecule has 1 amide bonds. The SMILES string of the molecule is O=C(C1CC12CCN(Cc1cn[nH]c1-c1ccccc1)CC2)N1CCN(Cc2ccccc2)CC1. The van der Waals surface area contributed by atoms with Crippen LogP contribution in [0.2, 0.25) is 0 Å². The molecular weight excluding hydrogens is 434 g/mol. The highest BCUT2D eigenvalue weighted by Gasteiger charge is 2.59. The number of nitrogens with one attached hydrogen (secondary N) is 1. The summed E-state index contributed by atoms with van der Waals surface area (Å²) in [5.41, 5.74) is 5.17. The fourth-order valence-corrected chi connectivity index (χ4v) is 6.12. The number of H-pyrrole nitrogens is 1. The van der Waals surface area contributed by atoms with Crippen molar-refractivity contribution in [1.29, 1.82) is 0 Å². The van der Waals surface area contributed by atoms with Crippen molar-refractivity contribution in [3.63, 3.8) is 0 Å². The van der Waals surface area contributed by atoms with Gasteiger partial charge in [-0.25, -0.2) is 0 Å². The molecule has 0 radical (unpaired) electrons. The molecule has 1 aromatic heterocycles. The van der Waals surface area contributed by atoms with E-state index < -0.39 is 0 Å². The number of carbonyl (C=O) groups excluding carboxylic acids is 1. The van der Waals surface area contributed by atoms with E-state index in [1.165, 1.54) is 16.7 Å². The van der Waals surface area contributed by atoms with Gasteiger partial charge in [-0.15, -0.1) is 0 Å². The lowest BCUT2D eigenvalue weighted by Gasteiger charge is -2.36. The van der Waals surface area contributed by atoms with E-state index in [0.29, 0.717) is 5.91 Å². The van der Waals surface area contributed by atoms with Crippen LogP contribution in [0.3, 0.4) is 0 Å². The number of benzene rings is 2. The maximum Gasteiger partial charge on any atom is 0.226 e. The highest BCUT2D eigenvalue weighted by molar-refractivity contribution is 5.83. The number of nitrogens with zero attached hydrogens (tertiary/aromatic N) is 4. The Balaban J connectivity index is 0.985. The molecule has 2 aromatic carbocycles. The first-order valence-corrected chi connectivity index (χ1v) is 13.1. The van der Waals surface area contributed by atoms with E-state index in [1.54, 1.807) is 0 Å². The van der Waals surface area contributed by atoms with Crippen molar-refractivity contribution < 1.29 is 4.79 Å². The fourth-order valence-electron chi connectivity index (χ4n) is 6.12. The first-order valence-electron chi connectivity index (χ1n) is 13.1. The van der Waals surface area contributed by atoms with Gasteiger partial charge in [0.1, 0.15) is 0 Å². The number of aromatic amines is 1. The third-order valence-corrected chi connectivity index (χ3v) is 8.45. The van der Waals surface area contributed by atoms with E-state index in [9.17, 15) is 4.79 Å². The molecule has 1 unspecified atom stereocenters. The van der Waals surface area contributed by atoms with Gasteiger partial charge in [0.25, 0.3) is 0 Å². The predicted octanol–water partition coefficient (Wildman–Crippen LogP) is 4.02. The lowest BCUT2D eigenvalue weighted by Crippen LogP contribution is -2.49. The van der Waals surface area contributed by atoms with Crippen LogP contribution in [0.1, 0.15) is 30.4 Å². The monoisotopic (exact) mass is 469 g/mol. The second-order valence-electron chi connectivity index (χ2n) is 10.6. The summed E-state index contributed by atoms with van der Waals surface area (Å²) >= 11 is 0. The molecule has 182 valence electrons. The summed E-state index contributed by atoms with van der Waals surface area (Å²) in [7, 11) is 0. The Hall–Kier alpha value is -2.96. The Morgan fingerprint density at radius 3 is 2.23 bits per heavy atom. The zero-order valence-corrected chi connectivity index (χ0v) is 20.4. The van der Waals surface area contributed by atoms with Crippen molar-refractivity contribution in [1.82, 2.24) is 24.9 Å². The average molecular weight is 470 g/mol. The van der Waals surface area contributed by atoms with Crippen LogP contribution in [-0.4, -0.2) is 70.1 Å². The van der Waals surface area contributed by atoms with E-state index in [0.717, 1.165) is 77.3 Å². The molecule has 35 heavy (non-hydrogen) atoms. The molecule has 3 fully saturated rings. The maximum atomic E-state index is 13.3. The van der Waals surface area contributed by atoms with Crippen molar-refractivity contribution in [3.8, 4) is 11.3 Å². The number of amides is 1. The number of aromatic nitrogens is 2. The number of piperidine rings is 1. The zero-order valence-electron chi connectivity index (χ0n) is 20.4. The minimum atomic E-state index is 0.249. The minimum Gasteiger partial charge on any atom is -0.340 e. The van der Waals surface area contributed by atoms with Gasteiger partial charge in [-0.05, 0) is 48.9 Å². The molecule has 1 atom stereocenters. The van der Waals surface area contributed by atoms with Crippen LogP contribution in [0.15, 0.2) is 66.9 Å². The fraction of sp³-hybridized carbons (Fsp3) is 0.448. The molecule has 1 saturated carbocycles. The van der Waals surface area contributed by atoms with E-state index in [-0.39, 0.29) is 11.3 Å². The van der Waals surface area contributed by atoms with Crippen LogP contribution in [0.4, 0.5) is 0 Å². The molecule has 3 aliphatic rings. The van der Waals surface area contributed by atoms with Gasteiger partial charge in [0.05, 0.1) is 11.9 Å². The van der Waals surface area contributed by atoms with Gasteiger partial charge < -0.3 is 4.90 Å². The number of carbonyl (C=O) groups is 1. The lowest BCUT2D eigenvalue weighted by molar-refractivity contribution is -0.135. The van der Waals surface area contributed by atoms with Crippen LogP contribution in [0, 0.1) is 11.3 Å². The Morgan fingerprint density at radius 1 is 0.857 bits per heavy atom. The Labute approximate surface area is 207 Å². The van der Waals surface area contributed by atoms with E-state index >= 15 is 0 Å². The molecule has 3 aromatic rings. The Morgan fingerprint density at radius 2 is 1.51 bits per heavy atom. The normalized spacial score (nSPS) is 22.4. The van der Waals surface area contributed by atoms with Crippen molar-refractivity contribution in [2.45, 2.75) is 32.4 Å². The first-order chi connectivity index (χ1) is 17.2. The molecule has 2 saturated heterocycles. The highest BCUT2D eigenvalue weighted by Crippen LogP contribution is 2.60. The van der Waals surface area contributed by atoms with Crippen LogP contribution in [0.5, 0.6) is 0 Å². The third kappa shape index (κ3) is 4.78. The van der Waals surface area contributed by atoms with Gasteiger partial charge in [-0.2, -0.15) is 5.10 Å². The smallest absolute Gasteiger partial charge is 0.226 e. The summed E-state index contributed by atoms with van der Waals surface area (Å²) in [5, 5.41) is 7.50. The van der Waals surface area contributed by atoms with Crippen molar-refractivity contribution in [3.05, 3.63) is 78.0 Å². The quantitative estimate of drug-likeness (QED) is 0.592. The molecule has 0 bridgehead atoms. The molecule has 6 nitrogen and oxygen atoms in total. The van der Waals surface area contributed by atoms with E-state index in [1.807, 2.05) is 12.3 Å². The average Bonchev–Trinajstić information content (AvgIpc) is 3.40. The molecule has 2 aliphatic heterocycles. The molecule has 1 aliphatic carbocycles. The van der Waals surface area contributed by atoms with Gasteiger partial charge in [-0.1, -0.05) is 60.7 Å². The number of hydrogen-bond acceptors (Lipinski definition) is 4. The highest BCUT2D eigenvalue weighted by atomic mass is 16.2. The van der Waals surface area contributed by atoms with Crippen LogP contribution in [-0.2, 0) is 17.9 Å². The van der Waals surface area contributed by atoms with Gasteiger partial charge >= 0.3 is 0 Å². The van der Waals surface area contributed by atoms with Crippen molar-refractivity contribution in [2.75, 3.05) is 39.3 Å². The topological polar surface area (TPSA) is 55.5 Å². The Kier molecular flexibility index (Phi) is 6.17. The van der Waals surface area contributed by atoms with Crippen LogP contribution in [0.25, 0.3) is 11.3 Å². The van der Waals surface area contributed by atoms with Gasteiger partial charge in [-0.3, -0.25) is 19.7 Å². The van der Waals surface area contributed by atoms with Gasteiger partial charge in [0.2, 0.25) is 5.91 Å². The molecule has 3 heterocycles. The van der Waals surface area contributed by atoms with Crippen LogP contribution >= 0.6 is 0 Å². The van der Waals surface area contributed by atoms with Gasteiger partial charge in [0.15, 0.2) is 0 Å². The zero-order chi connectivity index (χ0) is 23.7. The predicted molar refractivity (Wildman–Crippen MR) is 137 cm³/mol. The summed E-state index contributed by atoms with van der Waals surface area (Å²) in [6.07, 6.45) is 5.32. The number of rotatable bonds is 6. The number of hydrogen-bond donors (Lipinski definition) is 1. The molecule has 1 spiro atoms. The van der Waals surface area contributed by atoms with E-state index in [4.69, 9.17) is 0 Å². The standard InChI is InChI=1S/C29H35N5O/c35-28(34-17-15-33(16-18-34)21-23-7-3-1-4-8-23)26-19-29(26)11-13-32(14-12-29)22-25-20-30-31-27(25)24-9-5-2-6-10-24/h1-10,20,26H,11-19,21-22H2,(H,30,31). The van der Waals surface area contributed by atoms with Crippen LogP contribution < -0.4 is 0 Å². The molecule has 6 heteroatoms. The second kappa shape index (κ2) is 9.59. The minimum absolute atomic E-state index is 0.249. The summed E-state index contributed by atoms with van der Waals surface area (Å²) in [6, 6.07) is 21.1. The summed E-state index contributed by atoms with van der Waals surface area (Å²) in [4.78, 5) is 20.5. The van der Waals surface area contributed by atoms with Crippen molar-refractivity contribution in [2.24, 2.45) is 11.3 Å². The van der Waals surface area contributed by atoms with E-state index in [2.05, 4.69) is 79.5 Å². The molecule has 6 rings (SSSR count). The summed E-state index contributed by atoms with van der Waals surface area (Å²) in [6.45, 7) is 7.71. The number of piperazine rings is 1.